The highest BCUT2D eigenvalue weighted by atomic mass is 19.1. The number of nitrogens with zero attached hydrogens (tertiary/aromatic N) is 2. The predicted octanol–water partition coefficient (Wildman–Crippen LogP) is 3.86. The van der Waals surface area contributed by atoms with Crippen LogP contribution in [0.25, 0.3) is 0 Å². The van der Waals surface area contributed by atoms with Gasteiger partial charge >= 0.3 is 6.03 Å². The average molecular weight is 397 g/mol. The number of carbonyl (C=O) groups excluding carboxylic acids is 2. The minimum atomic E-state index is -0.533. The summed E-state index contributed by atoms with van der Waals surface area (Å²) in [7, 11) is 0. The number of piperidine rings is 1. The van der Waals surface area contributed by atoms with E-state index < -0.39 is 5.60 Å². The maximum atomic E-state index is 13.4. The molecule has 152 valence electrons. The van der Waals surface area contributed by atoms with Gasteiger partial charge in [-0.15, -0.1) is 0 Å². The molecular weight excluding hydrogens is 373 g/mol. The SMILES string of the molecule is Cc1cc(NC(=O)N2CCC3(CC2)CC(=O)N(Cc2ccccc2)O3)ccc1F. The summed E-state index contributed by atoms with van der Waals surface area (Å²) < 4.78 is 13.4. The molecule has 0 aromatic heterocycles. The van der Waals surface area contributed by atoms with Gasteiger partial charge in [-0.25, -0.2) is 14.2 Å². The van der Waals surface area contributed by atoms with Crippen molar-refractivity contribution in [3.05, 3.63) is 65.5 Å². The first kappa shape index (κ1) is 19.4. The van der Waals surface area contributed by atoms with Crippen molar-refractivity contribution in [2.24, 2.45) is 0 Å². The van der Waals surface area contributed by atoms with Gasteiger partial charge in [-0.05, 0) is 49.1 Å². The summed E-state index contributed by atoms with van der Waals surface area (Å²) in [6, 6.07) is 14.0. The van der Waals surface area contributed by atoms with Crippen LogP contribution < -0.4 is 5.32 Å². The topological polar surface area (TPSA) is 61.9 Å². The second kappa shape index (κ2) is 7.83. The van der Waals surface area contributed by atoms with E-state index in [2.05, 4.69) is 5.32 Å². The lowest BCUT2D eigenvalue weighted by Gasteiger charge is -2.37. The van der Waals surface area contributed by atoms with E-state index in [4.69, 9.17) is 4.84 Å². The fourth-order valence-electron chi connectivity index (χ4n) is 3.86. The molecule has 0 radical (unpaired) electrons. The van der Waals surface area contributed by atoms with Crippen LogP contribution in [0, 0.1) is 12.7 Å². The molecule has 2 aromatic rings. The number of benzene rings is 2. The molecule has 29 heavy (non-hydrogen) atoms. The monoisotopic (exact) mass is 397 g/mol. The summed E-state index contributed by atoms with van der Waals surface area (Å²) in [4.78, 5) is 32.8. The fraction of sp³-hybridized carbons (Fsp3) is 0.364. The molecule has 6 nitrogen and oxygen atoms in total. The average Bonchev–Trinajstić information content (AvgIpc) is 3.00. The van der Waals surface area contributed by atoms with Crippen LogP contribution in [0.1, 0.15) is 30.4 Å². The Labute approximate surface area is 169 Å². The van der Waals surface area contributed by atoms with Crippen molar-refractivity contribution < 1.29 is 18.8 Å². The first-order valence-electron chi connectivity index (χ1n) is 9.80. The first-order chi connectivity index (χ1) is 13.9. The molecule has 0 atom stereocenters. The Morgan fingerprint density at radius 3 is 2.59 bits per heavy atom. The highest BCUT2D eigenvalue weighted by Crippen LogP contribution is 2.37. The molecule has 2 fully saturated rings. The third-order valence-electron chi connectivity index (χ3n) is 5.60. The van der Waals surface area contributed by atoms with E-state index in [0.717, 1.165) is 5.56 Å². The van der Waals surface area contributed by atoms with E-state index in [9.17, 15) is 14.0 Å². The highest BCUT2D eigenvalue weighted by Gasteiger charge is 2.47. The van der Waals surface area contributed by atoms with Gasteiger partial charge in [-0.1, -0.05) is 30.3 Å². The van der Waals surface area contributed by atoms with Crippen molar-refractivity contribution in [2.45, 2.75) is 38.3 Å². The Morgan fingerprint density at radius 1 is 1.17 bits per heavy atom. The van der Waals surface area contributed by atoms with Gasteiger partial charge in [0.15, 0.2) is 0 Å². The third-order valence-corrected chi connectivity index (χ3v) is 5.60. The van der Waals surface area contributed by atoms with E-state index in [1.54, 1.807) is 24.0 Å². The Bertz CT molecular complexity index is 911. The number of carbonyl (C=O) groups is 2. The molecule has 2 aliphatic rings. The summed E-state index contributed by atoms with van der Waals surface area (Å²) in [6.45, 7) is 3.08. The Balaban J connectivity index is 1.33. The lowest BCUT2D eigenvalue weighted by molar-refractivity contribution is -0.212. The normalized spacial score (nSPS) is 18.3. The summed E-state index contributed by atoms with van der Waals surface area (Å²) >= 11 is 0. The van der Waals surface area contributed by atoms with Crippen molar-refractivity contribution in [1.82, 2.24) is 9.96 Å². The molecule has 2 saturated heterocycles. The zero-order valence-corrected chi connectivity index (χ0v) is 16.4. The standard InChI is InChI=1S/C22H24FN3O3/c1-16-13-18(7-8-19(16)23)24-21(28)25-11-9-22(10-12-25)14-20(27)26(29-22)15-17-5-3-2-4-6-17/h2-8,13H,9-12,14-15H2,1H3,(H,24,28). The second-order valence-electron chi connectivity index (χ2n) is 7.75. The van der Waals surface area contributed by atoms with Crippen LogP contribution >= 0.6 is 0 Å². The lowest BCUT2D eigenvalue weighted by Crippen LogP contribution is -2.48. The van der Waals surface area contributed by atoms with E-state index in [0.29, 0.717) is 50.1 Å². The molecule has 2 aromatic carbocycles. The zero-order chi connectivity index (χ0) is 20.4. The molecule has 3 amide bonds. The third kappa shape index (κ3) is 4.24. The number of hydrogen-bond donors (Lipinski definition) is 1. The predicted molar refractivity (Wildman–Crippen MR) is 106 cm³/mol. The molecule has 7 heteroatoms. The van der Waals surface area contributed by atoms with Crippen LogP contribution in [0.3, 0.4) is 0 Å². The van der Waals surface area contributed by atoms with Gasteiger partial charge in [0.1, 0.15) is 11.4 Å². The van der Waals surface area contributed by atoms with Crippen molar-refractivity contribution in [3.8, 4) is 0 Å². The van der Waals surface area contributed by atoms with Crippen molar-refractivity contribution in [1.29, 1.82) is 0 Å². The van der Waals surface area contributed by atoms with E-state index in [1.165, 1.54) is 11.1 Å². The van der Waals surface area contributed by atoms with E-state index in [1.807, 2.05) is 30.3 Å². The molecular formula is C22H24FN3O3. The van der Waals surface area contributed by atoms with Crippen LogP contribution in [-0.2, 0) is 16.2 Å². The molecule has 4 rings (SSSR count). The number of aryl methyl sites for hydroxylation is 1. The van der Waals surface area contributed by atoms with Gasteiger partial charge in [0.2, 0.25) is 5.91 Å². The van der Waals surface area contributed by atoms with Crippen LogP contribution in [0.5, 0.6) is 0 Å². The Kier molecular flexibility index (Phi) is 5.24. The smallest absolute Gasteiger partial charge is 0.321 e. The van der Waals surface area contributed by atoms with Crippen molar-refractivity contribution in [2.75, 3.05) is 18.4 Å². The van der Waals surface area contributed by atoms with Gasteiger partial charge in [0, 0.05) is 18.8 Å². The van der Waals surface area contributed by atoms with Gasteiger partial charge < -0.3 is 10.2 Å². The first-order valence-corrected chi connectivity index (χ1v) is 9.80. The van der Waals surface area contributed by atoms with Gasteiger partial charge in [-0.3, -0.25) is 9.63 Å². The molecule has 2 aliphatic heterocycles. The molecule has 0 unspecified atom stereocenters. The number of rotatable bonds is 3. The largest absolute Gasteiger partial charge is 0.324 e. The maximum Gasteiger partial charge on any atom is 0.321 e. The van der Waals surface area contributed by atoms with Crippen molar-refractivity contribution >= 4 is 17.6 Å². The number of amides is 3. The van der Waals surface area contributed by atoms with Crippen molar-refractivity contribution in [3.63, 3.8) is 0 Å². The highest BCUT2D eigenvalue weighted by molar-refractivity contribution is 5.89. The maximum absolute atomic E-state index is 13.4. The number of likely N-dealkylation sites (tertiary alicyclic amines) is 1. The number of anilines is 1. The minimum absolute atomic E-state index is 0.0199. The van der Waals surface area contributed by atoms with Gasteiger partial charge in [-0.2, -0.15) is 0 Å². The molecule has 1 N–H and O–H groups in total. The molecule has 2 heterocycles. The summed E-state index contributed by atoms with van der Waals surface area (Å²) in [5.41, 5.74) is 1.53. The fourth-order valence-corrected chi connectivity index (χ4v) is 3.86. The number of hydrogen-bond acceptors (Lipinski definition) is 3. The number of hydroxylamine groups is 2. The molecule has 0 aliphatic carbocycles. The van der Waals surface area contributed by atoms with Crippen LogP contribution in [0.15, 0.2) is 48.5 Å². The van der Waals surface area contributed by atoms with E-state index in [-0.39, 0.29) is 17.8 Å². The van der Waals surface area contributed by atoms with Crippen LogP contribution in [0.2, 0.25) is 0 Å². The number of halogens is 1. The molecule has 1 spiro atoms. The Morgan fingerprint density at radius 2 is 1.90 bits per heavy atom. The number of nitrogens with one attached hydrogen (secondary N) is 1. The Hall–Kier alpha value is -2.93. The quantitative estimate of drug-likeness (QED) is 0.855. The lowest BCUT2D eigenvalue weighted by atomic mass is 9.89. The number of urea groups is 1. The molecule has 0 bridgehead atoms. The molecule has 0 saturated carbocycles. The van der Waals surface area contributed by atoms with Gasteiger partial charge in [0.05, 0.1) is 13.0 Å². The summed E-state index contributed by atoms with van der Waals surface area (Å²) in [6.07, 6.45) is 1.53. The summed E-state index contributed by atoms with van der Waals surface area (Å²) in [5.74, 6) is -0.320. The summed E-state index contributed by atoms with van der Waals surface area (Å²) in [5, 5.41) is 4.26. The minimum Gasteiger partial charge on any atom is -0.324 e. The van der Waals surface area contributed by atoms with Crippen LogP contribution in [0.4, 0.5) is 14.9 Å². The van der Waals surface area contributed by atoms with E-state index >= 15 is 0 Å². The van der Waals surface area contributed by atoms with Crippen LogP contribution in [-0.4, -0.2) is 40.6 Å². The van der Waals surface area contributed by atoms with Gasteiger partial charge in [0.25, 0.3) is 0 Å². The zero-order valence-electron chi connectivity index (χ0n) is 16.4. The second-order valence-corrected chi connectivity index (χ2v) is 7.75.